The van der Waals surface area contributed by atoms with Gasteiger partial charge < -0.3 is 19.4 Å². The molecule has 0 saturated carbocycles. The van der Waals surface area contributed by atoms with Crippen LogP contribution >= 0.6 is 11.6 Å². The summed E-state index contributed by atoms with van der Waals surface area (Å²) in [5, 5.41) is 0.632. The van der Waals surface area contributed by atoms with E-state index < -0.39 is 17.3 Å². The van der Waals surface area contributed by atoms with Gasteiger partial charge in [-0.2, -0.15) is 0 Å². The van der Waals surface area contributed by atoms with E-state index in [1.165, 1.54) is 24.3 Å². The Kier molecular flexibility index (Phi) is 8.44. The Morgan fingerprint density at radius 1 is 1.11 bits per heavy atom. The molecule has 2 aliphatic heterocycles. The van der Waals surface area contributed by atoms with Gasteiger partial charge in [0.15, 0.2) is 0 Å². The Hall–Kier alpha value is -2.64. The van der Waals surface area contributed by atoms with Crippen LogP contribution in [0.2, 0.25) is 5.02 Å². The largest absolute Gasteiger partial charge is 0.415 e. The summed E-state index contributed by atoms with van der Waals surface area (Å²) >= 11 is 6.16. The lowest BCUT2D eigenvalue weighted by Gasteiger charge is -2.36. The summed E-state index contributed by atoms with van der Waals surface area (Å²) in [5.41, 5.74) is 0.486. The van der Waals surface area contributed by atoms with E-state index in [-0.39, 0.29) is 23.6 Å². The van der Waals surface area contributed by atoms with E-state index in [1.807, 2.05) is 29.2 Å². The molecule has 2 unspecified atom stereocenters. The molecular weight excluding hydrogens is 493 g/mol. The van der Waals surface area contributed by atoms with Gasteiger partial charge in [-0.05, 0) is 73.8 Å². The van der Waals surface area contributed by atoms with Crippen molar-refractivity contribution < 1.29 is 18.7 Å². The smallest absolute Gasteiger partial charge is 0.410 e. The highest BCUT2D eigenvalue weighted by molar-refractivity contribution is 6.30. The Morgan fingerprint density at radius 2 is 1.73 bits per heavy atom. The molecule has 37 heavy (non-hydrogen) atoms. The molecule has 2 atom stereocenters. The molecule has 0 radical (unpaired) electrons. The Bertz CT molecular complexity index is 1090. The van der Waals surface area contributed by atoms with Gasteiger partial charge in [-0.25, -0.2) is 9.18 Å². The average Bonchev–Trinajstić information content (AvgIpc) is 3.23. The second-order valence-corrected chi connectivity index (χ2v) is 11.5. The fourth-order valence-corrected chi connectivity index (χ4v) is 5.87. The third-order valence-corrected chi connectivity index (χ3v) is 8.05. The van der Waals surface area contributed by atoms with Crippen molar-refractivity contribution in [1.29, 1.82) is 0 Å². The van der Waals surface area contributed by atoms with Gasteiger partial charge in [-0.15, -0.1) is 0 Å². The molecule has 0 aromatic heterocycles. The van der Waals surface area contributed by atoms with Gasteiger partial charge in [0.05, 0.1) is 6.04 Å². The van der Waals surface area contributed by atoms with Crippen LogP contribution in [-0.2, 0) is 10.2 Å². The highest BCUT2D eigenvalue weighted by atomic mass is 35.5. The first kappa shape index (κ1) is 27.4. The lowest BCUT2D eigenvalue weighted by Crippen LogP contribution is -2.50. The molecule has 2 heterocycles. The molecular formula is C29H37ClFN3O3. The summed E-state index contributed by atoms with van der Waals surface area (Å²) in [6.45, 7) is 10.4. The van der Waals surface area contributed by atoms with Crippen LogP contribution in [0.25, 0.3) is 0 Å². The van der Waals surface area contributed by atoms with Gasteiger partial charge in [0.2, 0.25) is 5.91 Å². The number of ether oxygens (including phenoxy) is 1. The number of likely N-dealkylation sites (N-methyl/N-ethyl adjacent to an activating group) is 1. The predicted molar refractivity (Wildman–Crippen MR) is 143 cm³/mol. The average molecular weight is 530 g/mol. The van der Waals surface area contributed by atoms with Crippen LogP contribution < -0.4 is 4.74 Å². The predicted octanol–water partition coefficient (Wildman–Crippen LogP) is 5.45. The van der Waals surface area contributed by atoms with E-state index in [4.69, 9.17) is 16.3 Å². The van der Waals surface area contributed by atoms with Crippen LogP contribution in [-0.4, -0.2) is 72.5 Å². The van der Waals surface area contributed by atoms with E-state index in [9.17, 15) is 14.0 Å². The van der Waals surface area contributed by atoms with Gasteiger partial charge in [0, 0.05) is 43.0 Å². The molecule has 2 amide bonds. The number of hydrogen-bond acceptors (Lipinski definition) is 4. The summed E-state index contributed by atoms with van der Waals surface area (Å²) in [4.78, 5) is 32.7. The van der Waals surface area contributed by atoms with Crippen molar-refractivity contribution in [3.63, 3.8) is 0 Å². The van der Waals surface area contributed by atoms with Gasteiger partial charge in [-0.1, -0.05) is 44.5 Å². The molecule has 0 bridgehead atoms. The maximum atomic E-state index is 13.7. The first-order valence-electron chi connectivity index (χ1n) is 13.0. The normalized spacial score (nSPS) is 22.9. The monoisotopic (exact) mass is 529 g/mol. The maximum Gasteiger partial charge on any atom is 0.415 e. The van der Waals surface area contributed by atoms with Crippen LogP contribution in [0, 0.1) is 17.7 Å². The minimum absolute atomic E-state index is 0.00639. The van der Waals surface area contributed by atoms with Crippen molar-refractivity contribution in [3.05, 3.63) is 64.9 Å². The molecule has 4 rings (SSSR count). The zero-order valence-corrected chi connectivity index (χ0v) is 22.9. The SMILES string of the molecule is CC(C)CN1CCC(C(=O)N2CC(N(C)C(=O)Oc3ccc(F)cc3)C(C)(c3ccc(Cl)cc3)C2)CC1. The van der Waals surface area contributed by atoms with Crippen molar-refractivity contribution in [2.45, 2.75) is 45.1 Å². The zero-order valence-electron chi connectivity index (χ0n) is 22.1. The molecule has 0 N–H and O–H groups in total. The molecule has 2 aromatic carbocycles. The second kappa shape index (κ2) is 11.4. The van der Waals surface area contributed by atoms with Gasteiger partial charge in [0.25, 0.3) is 0 Å². The molecule has 200 valence electrons. The summed E-state index contributed by atoms with van der Waals surface area (Å²) in [6.07, 6.45) is 1.16. The number of halogens is 2. The van der Waals surface area contributed by atoms with Crippen molar-refractivity contribution in [3.8, 4) is 5.75 Å². The summed E-state index contributed by atoms with van der Waals surface area (Å²) < 4.78 is 18.8. The Balaban J connectivity index is 1.52. The molecule has 2 aliphatic rings. The van der Waals surface area contributed by atoms with Gasteiger partial charge >= 0.3 is 6.09 Å². The van der Waals surface area contributed by atoms with Crippen LogP contribution in [0.4, 0.5) is 9.18 Å². The van der Waals surface area contributed by atoms with Crippen LogP contribution in [0.15, 0.2) is 48.5 Å². The standard InChI is InChI=1S/C29H37ClFN3O3/c1-20(2)17-33-15-13-21(14-16-33)27(35)34-18-26(29(3,19-34)22-5-7-23(30)8-6-22)32(4)28(36)37-25-11-9-24(31)10-12-25/h5-12,20-21,26H,13-19H2,1-4H3. The molecule has 2 aromatic rings. The highest BCUT2D eigenvalue weighted by Crippen LogP contribution is 2.39. The summed E-state index contributed by atoms with van der Waals surface area (Å²) in [7, 11) is 1.70. The number of benzene rings is 2. The lowest BCUT2D eigenvalue weighted by atomic mass is 9.77. The van der Waals surface area contributed by atoms with E-state index in [0.717, 1.165) is 38.0 Å². The van der Waals surface area contributed by atoms with Crippen LogP contribution in [0.3, 0.4) is 0 Å². The van der Waals surface area contributed by atoms with E-state index >= 15 is 0 Å². The number of hydrogen-bond donors (Lipinski definition) is 0. The molecule has 6 nitrogen and oxygen atoms in total. The Labute approximate surface area is 224 Å². The minimum Gasteiger partial charge on any atom is -0.410 e. The number of carbonyl (C=O) groups is 2. The Morgan fingerprint density at radius 3 is 2.32 bits per heavy atom. The number of carbonyl (C=O) groups excluding carboxylic acids is 2. The van der Waals surface area contributed by atoms with Crippen LogP contribution in [0.5, 0.6) is 5.75 Å². The number of likely N-dealkylation sites (tertiary alicyclic amines) is 2. The van der Waals surface area contributed by atoms with E-state index in [0.29, 0.717) is 24.0 Å². The minimum atomic E-state index is -0.548. The van der Waals surface area contributed by atoms with Crippen molar-refractivity contribution in [2.24, 2.45) is 11.8 Å². The zero-order chi connectivity index (χ0) is 26.7. The van der Waals surface area contributed by atoms with Crippen molar-refractivity contribution in [1.82, 2.24) is 14.7 Å². The first-order valence-corrected chi connectivity index (χ1v) is 13.4. The fourth-order valence-electron chi connectivity index (χ4n) is 5.75. The number of nitrogens with zero attached hydrogens (tertiary/aromatic N) is 3. The molecule has 8 heteroatoms. The maximum absolute atomic E-state index is 13.7. The van der Waals surface area contributed by atoms with Crippen molar-refractivity contribution in [2.75, 3.05) is 39.8 Å². The quantitative estimate of drug-likeness (QED) is 0.499. The third-order valence-electron chi connectivity index (χ3n) is 7.80. The van der Waals surface area contributed by atoms with E-state index in [2.05, 4.69) is 25.7 Å². The van der Waals surface area contributed by atoms with Gasteiger partial charge in [0.1, 0.15) is 11.6 Å². The third kappa shape index (κ3) is 6.27. The fraction of sp³-hybridized carbons (Fsp3) is 0.517. The van der Waals surface area contributed by atoms with Crippen LogP contribution in [0.1, 0.15) is 39.2 Å². The number of rotatable bonds is 6. The number of piperidine rings is 1. The molecule has 2 fully saturated rings. The topological polar surface area (TPSA) is 53.1 Å². The second-order valence-electron chi connectivity index (χ2n) is 11.1. The number of amides is 2. The summed E-state index contributed by atoms with van der Waals surface area (Å²) in [5.74, 6) is 0.631. The molecule has 2 saturated heterocycles. The van der Waals surface area contributed by atoms with Crippen molar-refractivity contribution >= 4 is 23.6 Å². The molecule has 0 aliphatic carbocycles. The molecule has 0 spiro atoms. The van der Waals surface area contributed by atoms with E-state index in [1.54, 1.807) is 11.9 Å². The lowest BCUT2D eigenvalue weighted by molar-refractivity contribution is -0.136. The highest BCUT2D eigenvalue weighted by Gasteiger charge is 2.50. The van der Waals surface area contributed by atoms with Gasteiger partial charge in [-0.3, -0.25) is 4.79 Å². The summed E-state index contributed by atoms with van der Waals surface area (Å²) in [6, 6.07) is 12.7. The first-order chi connectivity index (χ1) is 17.6.